The van der Waals surface area contributed by atoms with Gasteiger partial charge in [0.1, 0.15) is 0 Å². The molecule has 0 spiro atoms. The van der Waals surface area contributed by atoms with Crippen LogP contribution in [0.3, 0.4) is 0 Å². The van der Waals surface area contributed by atoms with Gasteiger partial charge in [0.15, 0.2) is 0 Å². The van der Waals surface area contributed by atoms with Crippen molar-refractivity contribution in [2.45, 2.75) is 25.8 Å². The Morgan fingerprint density at radius 3 is 2.55 bits per heavy atom. The van der Waals surface area contributed by atoms with E-state index in [0.717, 1.165) is 44.6 Å². The van der Waals surface area contributed by atoms with Gasteiger partial charge in [-0.1, -0.05) is 24.9 Å². The van der Waals surface area contributed by atoms with E-state index in [9.17, 15) is 10.1 Å². The number of nitrogens with zero attached hydrogens (tertiary/aromatic N) is 2. The van der Waals surface area contributed by atoms with Crippen LogP contribution in [0.15, 0.2) is 18.2 Å². The number of halogens is 3. The van der Waals surface area contributed by atoms with Crippen molar-refractivity contribution in [3.63, 3.8) is 0 Å². The van der Waals surface area contributed by atoms with E-state index in [2.05, 4.69) is 17.1 Å². The molecule has 0 unspecified atom stereocenters. The van der Waals surface area contributed by atoms with Gasteiger partial charge < -0.3 is 5.32 Å². The van der Waals surface area contributed by atoms with Crippen molar-refractivity contribution < 1.29 is 4.92 Å². The summed E-state index contributed by atoms with van der Waals surface area (Å²) in [4.78, 5) is 13.0. The van der Waals surface area contributed by atoms with Crippen molar-refractivity contribution in [2.24, 2.45) is 0 Å². The Hall–Kier alpha value is -0.590. The Morgan fingerprint density at radius 1 is 1.36 bits per heavy atom. The van der Waals surface area contributed by atoms with E-state index in [1.165, 1.54) is 6.07 Å². The van der Waals surface area contributed by atoms with Gasteiger partial charge >= 0.3 is 0 Å². The van der Waals surface area contributed by atoms with E-state index in [0.29, 0.717) is 5.02 Å². The van der Waals surface area contributed by atoms with Crippen LogP contribution in [0.2, 0.25) is 5.02 Å². The van der Waals surface area contributed by atoms with Crippen LogP contribution in [0, 0.1) is 10.1 Å². The van der Waals surface area contributed by atoms with Crippen molar-refractivity contribution in [3.05, 3.63) is 38.9 Å². The average molecular weight is 371 g/mol. The predicted molar refractivity (Wildman–Crippen MR) is 94.7 cm³/mol. The number of non-ortho nitro benzene ring substituents is 1. The fraction of sp³-hybridized carbons (Fsp3) is 0.571. The molecule has 0 aliphatic carbocycles. The molecule has 1 aliphatic heterocycles. The quantitative estimate of drug-likeness (QED) is 0.632. The first-order valence-electron chi connectivity index (χ1n) is 7.02. The third-order valence-electron chi connectivity index (χ3n) is 3.70. The third-order valence-corrected chi connectivity index (χ3v) is 4.05. The number of piperazine rings is 1. The van der Waals surface area contributed by atoms with Gasteiger partial charge in [0.25, 0.3) is 5.69 Å². The molecule has 0 saturated carbocycles. The summed E-state index contributed by atoms with van der Waals surface area (Å²) >= 11 is 6.29. The molecule has 0 aromatic heterocycles. The van der Waals surface area contributed by atoms with Gasteiger partial charge in [-0.15, -0.1) is 24.8 Å². The summed E-state index contributed by atoms with van der Waals surface area (Å²) in [7, 11) is 0. The summed E-state index contributed by atoms with van der Waals surface area (Å²) in [5.74, 6) is 0. The Morgan fingerprint density at radius 2 is 2.00 bits per heavy atom. The number of nitro groups is 1. The van der Waals surface area contributed by atoms with E-state index in [-0.39, 0.29) is 41.5 Å². The minimum absolute atomic E-state index is 0. The monoisotopic (exact) mass is 369 g/mol. The van der Waals surface area contributed by atoms with E-state index in [1.54, 1.807) is 12.1 Å². The first kappa shape index (κ1) is 21.4. The molecule has 2 rings (SSSR count). The average Bonchev–Trinajstić information content (AvgIpc) is 2.46. The third kappa shape index (κ3) is 5.25. The van der Waals surface area contributed by atoms with Crippen LogP contribution in [0.4, 0.5) is 5.69 Å². The minimum Gasteiger partial charge on any atom is -0.314 e. The number of benzene rings is 1. The molecular weight excluding hydrogens is 349 g/mol. The molecule has 1 heterocycles. The largest absolute Gasteiger partial charge is 0.314 e. The van der Waals surface area contributed by atoms with Gasteiger partial charge in [0.05, 0.1) is 4.92 Å². The molecule has 0 bridgehead atoms. The number of hydrogen-bond donors (Lipinski definition) is 1. The van der Waals surface area contributed by atoms with Gasteiger partial charge in [-0.2, -0.15) is 0 Å². The number of rotatable bonds is 5. The first-order chi connectivity index (χ1) is 9.63. The lowest BCUT2D eigenvalue weighted by Gasteiger charge is -2.35. The van der Waals surface area contributed by atoms with E-state index < -0.39 is 0 Å². The van der Waals surface area contributed by atoms with Gasteiger partial charge in [0.2, 0.25) is 0 Å². The number of nitro benzene ring substituents is 1. The van der Waals surface area contributed by atoms with E-state index in [1.807, 2.05) is 0 Å². The summed E-state index contributed by atoms with van der Waals surface area (Å²) in [6.45, 7) is 5.92. The van der Waals surface area contributed by atoms with Gasteiger partial charge in [0, 0.05) is 49.4 Å². The lowest BCUT2D eigenvalue weighted by Crippen LogP contribution is -2.45. The van der Waals surface area contributed by atoms with Crippen LogP contribution in [0.5, 0.6) is 0 Å². The summed E-state index contributed by atoms with van der Waals surface area (Å²) in [5.41, 5.74) is 0.991. The molecular formula is C14H22Cl3N3O2. The van der Waals surface area contributed by atoms with Gasteiger partial charge in [-0.3, -0.25) is 15.0 Å². The second-order valence-electron chi connectivity index (χ2n) is 5.05. The van der Waals surface area contributed by atoms with Crippen molar-refractivity contribution in [2.75, 3.05) is 26.2 Å². The van der Waals surface area contributed by atoms with E-state index in [4.69, 9.17) is 11.6 Å². The van der Waals surface area contributed by atoms with Gasteiger partial charge in [-0.25, -0.2) is 0 Å². The van der Waals surface area contributed by atoms with Crippen molar-refractivity contribution >= 4 is 42.1 Å². The van der Waals surface area contributed by atoms with Crippen LogP contribution in [-0.4, -0.2) is 36.0 Å². The zero-order valence-corrected chi connectivity index (χ0v) is 14.8. The van der Waals surface area contributed by atoms with Crippen LogP contribution < -0.4 is 5.32 Å². The highest BCUT2D eigenvalue weighted by molar-refractivity contribution is 6.31. The molecule has 1 saturated heterocycles. The van der Waals surface area contributed by atoms with Crippen LogP contribution in [0.1, 0.15) is 31.4 Å². The molecule has 0 amide bonds. The Bertz CT molecular complexity index is 482. The zero-order chi connectivity index (χ0) is 14.5. The summed E-state index contributed by atoms with van der Waals surface area (Å²) < 4.78 is 0. The highest BCUT2D eigenvalue weighted by Crippen LogP contribution is 2.33. The maximum absolute atomic E-state index is 11.0. The second-order valence-corrected chi connectivity index (χ2v) is 5.46. The van der Waals surface area contributed by atoms with Gasteiger partial charge in [-0.05, 0) is 18.1 Å². The predicted octanol–water partition coefficient (Wildman–Crippen LogP) is 3.84. The summed E-state index contributed by atoms with van der Waals surface area (Å²) in [6.07, 6.45) is 1.98. The molecule has 1 aliphatic rings. The molecule has 1 aromatic carbocycles. The molecule has 1 N–H and O–H groups in total. The highest BCUT2D eigenvalue weighted by atomic mass is 35.5. The molecule has 8 heteroatoms. The summed E-state index contributed by atoms with van der Waals surface area (Å²) in [5, 5.41) is 14.9. The molecule has 0 radical (unpaired) electrons. The second kappa shape index (κ2) is 10.2. The van der Waals surface area contributed by atoms with Crippen LogP contribution in [0.25, 0.3) is 0 Å². The van der Waals surface area contributed by atoms with Crippen molar-refractivity contribution in [3.8, 4) is 0 Å². The first-order valence-corrected chi connectivity index (χ1v) is 7.40. The maximum Gasteiger partial charge on any atom is 0.269 e. The normalized spacial score (nSPS) is 16.3. The Labute approximate surface area is 148 Å². The molecule has 22 heavy (non-hydrogen) atoms. The zero-order valence-electron chi connectivity index (χ0n) is 12.5. The molecule has 5 nitrogen and oxygen atoms in total. The number of hydrogen-bond acceptors (Lipinski definition) is 4. The molecule has 126 valence electrons. The number of nitrogens with one attached hydrogen (secondary N) is 1. The lowest BCUT2D eigenvalue weighted by molar-refractivity contribution is -0.385. The fourth-order valence-corrected chi connectivity index (χ4v) is 2.95. The van der Waals surface area contributed by atoms with Crippen molar-refractivity contribution in [1.82, 2.24) is 10.2 Å². The Balaban J connectivity index is 0.00000220. The van der Waals surface area contributed by atoms with E-state index >= 15 is 0 Å². The molecule has 1 aromatic rings. The van der Waals surface area contributed by atoms with Crippen molar-refractivity contribution in [1.29, 1.82) is 0 Å². The summed E-state index contributed by atoms with van der Waals surface area (Å²) in [6, 6.07) is 4.89. The Kier molecular flexibility index (Phi) is 9.96. The van der Waals surface area contributed by atoms with Crippen LogP contribution >= 0.6 is 36.4 Å². The standard InChI is InChI=1S/C14H20ClN3O2.2ClH/c1-2-3-14(17-8-6-16-7-9-17)12-10-11(18(19)20)4-5-13(12)15;;/h4-5,10,14,16H,2-3,6-9H2,1H3;2*1H/t14-;;/m0../s1. The maximum atomic E-state index is 11.0. The smallest absolute Gasteiger partial charge is 0.269 e. The molecule has 1 atom stereocenters. The SMILES string of the molecule is CCC[C@@H](c1cc([N+](=O)[O-])ccc1Cl)N1CCNCC1.Cl.Cl. The lowest BCUT2D eigenvalue weighted by atomic mass is 9.99. The minimum atomic E-state index is -0.361. The molecule has 1 fully saturated rings. The highest BCUT2D eigenvalue weighted by Gasteiger charge is 2.24. The van der Waals surface area contributed by atoms with Crippen LogP contribution in [-0.2, 0) is 0 Å². The topological polar surface area (TPSA) is 58.4 Å². The fourth-order valence-electron chi connectivity index (χ4n) is 2.70.